The van der Waals surface area contributed by atoms with Gasteiger partial charge in [-0.3, -0.25) is 9.59 Å². The molecule has 1 aliphatic rings. The molecule has 7 nitrogen and oxygen atoms in total. The van der Waals surface area contributed by atoms with E-state index in [9.17, 15) is 14.4 Å². The first-order valence-electron chi connectivity index (χ1n) is 4.15. The number of carbonyl (C=O) groups excluding carboxylic acids is 1. The van der Waals surface area contributed by atoms with Crippen molar-refractivity contribution < 1.29 is 24.6 Å². The van der Waals surface area contributed by atoms with E-state index in [0.717, 1.165) is 0 Å². The number of rotatable bonds is 3. The molecule has 1 unspecified atom stereocenters. The Morgan fingerprint density at radius 1 is 1.47 bits per heavy atom. The maximum absolute atomic E-state index is 11.4. The van der Waals surface area contributed by atoms with E-state index in [1.165, 1.54) is 0 Å². The second kappa shape index (κ2) is 4.09. The molecule has 1 rings (SSSR count). The van der Waals surface area contributed by atoms with Gasteiger partial charge in [0.25, 0.3) is 0 Å². The zero-order valence-corrected chi connectivity index (χ0v) is 7.69. The molecule has 5 N–H and O–H groups in total. The molecule has 0 saturated heterocycles. The molecule has 0 fully saturated rings. The van der Waals surface area contributed by atoms with E-state index in [4.69, 9.17) is 15.9 Å². The number of hydrogen-bond acceptors (Lipinski definition) is 5. The number of nitrogens with two attached hydrogens (primary N) is 1. The highest BCUT2D eigenvalue weighted by molar-refractivity contribution is 6.09. The Labute approximate surface area is 84.6 Å². The number of nitrogens with one attached hydrogen (secondary N) is 1. The molecule has 0 aromatic heterocycles. The Hall–Kier alpha value is -1.89. The molecule has 0 spiro atoms. The summed E-state index contributed by atoms with van der Waals surface area (Å²) in [5, 5.41) is 19.7. The molecule has 0 saturated carbocycles. The van der Waals surface area contributed by atoms with Crippen molar-refractivity contribution in [3.05, 3.63) is 11.3 Å². The van der Waals surface area contributed by atoms with Gasteiger partial charge in [-0.05, 0) is 0 Å². The molecule has 0 aromatic rings. The van der Waals surface area contributed by atoms with Gasteiger partial charge < -0.3 is 21.3 Å². The Kier molecular flexibility index (Phi) is 3.05. The molecule has 1 aliphatic heterocycles. The number of carbonyl (C=O) groups is 3. The molecule has 0 amide bonds. The third-order valence-corrected chi connectivity index (χ3v) is 1.98. The van der Waals surface area contributed by atoms with Crippen molar-refractivity contribution in [2.75, 3.05) is 6.54 Å². The van der Waals surface area contributed by atoms with E-state index in [2.05, 4.69) is 5.32 Å². The normalized spacial score (nSPS) is 21.1. The van der Waals surface area contributed by atoms with E-state index in [-0.39, 0.29) is 17.8 Å². The predicted octanol–water partition coefficient (Wildman–Crippen LogP) is -1.70. The van der Waals surface area contributed by atoms with Gasteiger partial charge in [0.1, 0.15) is 5.70 Å². The maximum atomic E-state index is 11.4. The van der Waals surface area contributed by atoms with Gasteiger partial charge in [-0.2, -0.15) is 0 Å². The van der Waals surface area contributed by atoms with Crippen LogP contribution in [-0.4, -0.2) is 40.5 Å². The molecule has 1 atom stereocenters. The summed E-state index contributed by atoms with van der Waals surface area (Å²) in [4.78, 5) is 32.6. The highest BCUT2D eigenvalue weighted by atomic mass is 16.4. The second-order valence-corrected chi connectivity index (χ2v) is 3.08. The van der Waals surface area contributed by atoms with Crippen molar-refractivity contribution in [3.63, 3.8) is 0 Å². The summed E-state index contributed by atoms with van der Waals surface area (Å²) in [6, 6.07) is -0.887. The van der Waals surface area contributed by atoms with Crippen molar-refractivity contribution in [1.29, 1.82) is 0 Å². The number of aliphatic carboxylic acids is 2. The summed E-state index contributed by atoms with van der Waals surface area (Å²) in [7, 11) is 0. The molecule has 15 heavy (non-hydrogen) atoms. The van der Waals surface area contributed by atoms with Crippen LogP contribution in [0.3, 0.4) is 0 Å². The van der Waals surface area contributed by atoms with Crippen LogP contribution in [0.4, 0.5) is 0 Å². The maximum Gasteiger partial charge on any atom is 0.352 e. The van der Waals surface area contributed by atoms with Gasteiger partial charge in [-0.25, -0.2) is 4.79 Å². The summed E-state index contributed by atoms with van der Waals surface area (Å²) >= 11 is 0. The van der Waals surface area contributed by atoms with Crippen LogP contribution in [0.15, 0.2) is 11.3 Å². The minimum absolute atomic E-state index is 0.00356. The van der Waals surface area contributed by atoms with E-state index < -0.39 is 30.2 Å². The number of hydrogen-bond donors (Lipinski definition) is 4. The van der Waals surface area contributed by atoms with Crippen LogP contribution < -0.4 is 11.1 Å². The molecule has 0 aromatic carbocycles. The number of carboxylic acid groups (broad SMARTS) is 2. The van der Waals surface area contributed by atoms with Crippen molar-refractivity contribution in [2.24, 2.45) is 5.73 Å². The van der Waals surface area contributed by atoms with Gasteiger partial charge >= 0.3 is 11.9 Å². The highest BCUT2D eigenvalue weighted by Gasteiger charge is 2.31. The van der Waals surface area contributed by atoms with Crippen LogP contribution in [0.1, 0.15) is 6.42 Å². The van der Waals surface area contributed by atoms with Crippen molar-refractivity contribution in [3.8, 4) is 0 Å². The summed E-state index contributed by atoms with van der Waals surface area (Å²) < 4.78 is 0. The molecule has 82 valence electrons. The average molecular weight is 214 g/mol. The first-order valence-corrected chi connectivity index (χ1v) is 4.15. The van der Waals surface area contributed by atoms with Gasteiger partial charge in [-0.15, -0.1) is 0 Å². The summed E-state index contributed by atoms with van der Waals surface area (Å²) in [6.07, 6.45) is -0.638. The highest BCUT2D eigenvalue weighted by Crippen LogP contribution is 2.14. The van der Waals surface area contributed by atoms with E-state index >= 15 is 0 Å². The minimum atomic E-state index is -1.36. The molecule has 7 heteroatoms. The standard InChI is InChI=1S/C8H10N2O5/c9-4-2-10-6(8(14)15)3(7(4)13)1-5(11)12/h4,10H,1-2,9H2,(H,11,12)(H,14,15). The molecule has 0 aliphatic carbocycles. The SMILES string of the molecule is NC1CNC(C(=O)O)=C(CC(=O)O)C1=O. The Bertz CT molecular complexity index is 360. The second-order valence-electron chi connectivity index (χ2n) is 3.08. The molecular weight excluding hydrogens is 204 g/mol. The van der Waals surface area contributed by atoms with Crippen LogP contribution >= 0.6 is 0 Å². The molecule has 1 heterocycles. The summed E-state index contributed by atoms with van der Waals surface area (Å²) in [6.45, 7) is 0.00356. The largest absolute Gasteiger partial charge is 0.481 e. The minimum Gasteiger partial charge on any atom is -0.481 e. The predicted molar refractivity (Wildman–Crippen MR) is 47.9 cm³/mol. The number of ketones is 1. The van der Waals surface area contributed by atoms with E-state index in [1.807, 2.05) is 0 Å². The van der Waals surface area contributed by atoms with E-state index in [0.29, 0.717) is 0 Å². The lowest BCUT2D eigenvalue weighted by Gasteiger charge is -2.22. The lowest BCUT2D eigenvalue weighted by Crippen LogP contribution is -2.47. The van der Waals surface area contributed by atoms with E-state index in [1.54, 1.807) is 0 Å². The average Bonchev–Trinajstić information content (AvgIpc) is 2.12. The van der Waals surface area contributed by atoms with Crippen LogP contribution in [0, 0.1) is 0 Å². The summed E-state index contributed by atoms with van der Waals surface area (Å²) in [5.41, 5.74) is 4.72. The van der Waals surface area contributed by atoms with Crippen LogP contribution in [0.2, 0.25) is 0 Å². The fraction of sp³-hybridized carbons (Fsp3) is 0.375. The van der Waals surface area contributed by atoms with Crippen molar-refractivity contribution >= 4 is 17.7 Å². The van der Waals surface area contributed by atoms with Gasteiger partial charge in [0.15, 0.2) is 5.78 Å². The third kappa shape index (κ3) is 2.32. The molecule has 0 bridgehead atoms. The monoisotopic (exact) mass is 214 g/mol. The van der Waals surface area contributed by atoms with Gasteiger partial charge in [0.2, 0.25) is 0 Å². The number of carboxylic acids is 2. The Balaban J connectivity index is 3.10. The molecule has 0 radical (unpaired) electrons. The van der Waals surface area contributed by atoms with Gasteiger partial charge in [-0.1, -0.05) is 0 Å². The summed E-state index contributed by atoms with van der Waals surface area (Å²) in [5.74, 6) is -3.26. The lowest BCUT2D eigenvalue weighted by atomic mass is 9.96. The first kappa shape index (κ1) is 11.2. The third-order valence-electron chi connectivity index (χ3n) is 1.98. The fourth-order valence-electron chi connectivity index (χ4n) is 1.29. The fourth-order valence-corrected chi connectivity index (χ4v) is 1.29. The smallest absolute Gasteiger partial charge is 0.352 e. The van der Waals surface area contributed by atoms with Crippen LogP contribution in [-0.2, 0) is 14.4 Å². The lowest BCUT2D eigenvalue weighted by molar-refractivity contribution is -0.137. The van der Waals surface area contributed by atoms with Gasteiger partial charge in [0, 0.05) is 12.1 Å². The zero-order chi connectivity index (χ0) is 11.6. The first-order chi connectivity index (χ1) is 6.93. The quantitative estimate of drug-likeness (QED) is 0.440. The van der Waals surface area contributed by atoms with Crippen molar-refractivity contribution in [1.82, 2.24) is 5.32 Å². The van der Waals surface area contributed by atoms with Crippen LogP contribution in [0.5, 0.6) is 0 Å². The van der Waals surface area contributed by atoms with Crippen molar-refractivity contribution in [2.45, 2.75) is 12.5 Å². The van der Waals surface area contributed by atoms with Crippen LogP contribution in [0.25, 0.3) is 0 Å². The number of Topliss-reactive ketones (excluding diaryl/α,β-unsaturated/α-hetero) is 1. The topological polar surface area (TPSA) is 130 Å². The Morgan fingerprint density at radius 3 is 2.53 bits per heavy atom. The molecular formula is C8H10N2O5. The zero-order valence-electron chi connectivity index (χ0n) is 7.69. The Morgan fingerprint density at radius 2 is 2.07 bits per heavy atom. The van der Waals surface area contributed by atoms with Gasteiger partial charge in [0.05, 0.1) is 12.5 Å².